The van der Waals surface area contributed by atoms with Gasteiger partial charge < -0.3 is 20.1 Å². The Labute approximate surface area is 162 Å². The Morgan fingerprint density at radius 2 is 1.85 bits per heavy atom. The minimum Gasteiger partial charge on any atom is -0.507 e. The van der Waals surface area contributed by atoms with Crippen molar-refractivity contribution in [3.8, 4) is 5.75 Å². The van der Waals surface area contributed by atoms with Gasteiger partial charge in [-0.25, -0.2) is 4.79 Å². The van der Waals surface area contributed by atoms with Crippen LogP contribution >= 0.6 is 12.4 Å². The number of benzene rings is 1. The number of hydrogen-bond acceptors (Lipinski definition) is 5. The van der Waals surface area contributed by atoms with E-state index in [0.29, 0.717) is 25.3 Å². The van der Waals surface area contributed by atoms with Gasteiger partial charge in [-0.2, -0.15) is 0 Å². The van der Waals surface area contributed by atoms with Crippen molar-refractivity contribution >= 4 is 30.0 Å². The summed E-state index contributed by atoms with van der Waals surface area (Å²) in [5.74, 6) is -0.865. The summed E-state index contributed by atoms with van der Waals surface area (Å²) < 4.78 is 5.13. The first-order chi connectivity index (χ1) is 12.0. The second-order valence-electron chi connectivity index (χ2n) is 5.90. The van der Waals surface area contributed by atoms with Crippen molar-refractivity contribution in [2.24, 2.45) is 0 Å². The lowest BCUT2D eigenvalue weighted by atomic mass is 10.1. The van der Waals surface area contributed by atoms with Gasteiger partial charge in [0.25, 0.3) is 0 Å². The number of nitrogens with zero attached hydrogens (tertiary/aromatic N) is 1. The number of phenols is 1. The van der Waals surface area contributed by atoms with Crippen LogP contribution in [0, 0.1) is 0 Å². The predicted molar refractivity (Wildman–Crippen MR) is 106 cm³/mol. The predicted octanol–water partition coefficient (Wildman–Crippen LogP) is 3.83. The fraction of sp³-hybridized carbons (Fsp3) is 0.579. The molecule has 0 spiro atoms. The van der Waals surface area contributed by atoms with Crippen LogP contribution in [0.15, 0.2) is 18.2 Å². The van der Waals surface area contributed by atoms with Gasteiger partial charge >= 0.3 is 5.97 Å². The van der Waals surface area contributed by atoms with Crippen molar-refractivity contribution in [3.63, 3.8) is 0 Å². The fourth-order valence-electron chi connectivity index (χ4n) is 2.40. The number of hydrogen-bond donors (Lipinski definition) is 2. The molecule has 7 heteroatoms. The number of carbonyl (C=O) groups is 2. The summed E-state index contributed by atoms with van der Waals surface area (Å²) in [5.41, 5.74) is 0.571. The van der Waals surface area contributed by atoms with Crippen molar-refractivity contribution in [1.82, 2.24) is 4.90 Å². The number of halogens is 1. The van der Waals surface area contributed by atoms with E-state index >= 15 is 0 Å². The third-order valence-corrected chi connectivity index (χ3v) is 4.03. The first kappa shape index (κ1) is 24.2. The average molecular weight is 387 g/mol. The van der Waals surface area contributed by atoms with E-state index in [1.54, 1.807) is 6.07 Å². The van der Waals surface area contributed by atoms with E-state index in [-0.39, 0.29) is 29.6 Å². The number of unbranched alkanes of at least 4 members (excludes halogenated alkanes) is 2. The molecule has 6 nitrogen and oxygen atoms in total. The lowest BCUT2D eigenvalue weighted by Gasteiger charge is -2.17. The quantitative estimate of drug-likeness (QED) is 0.446. The maximum atomic E-state index is 12.0. The monoisotopic (exact) mass is 386 g/mol. The molecule has 0 aliphatic rings. The number of carbonyl (C=O) groups excluding carboxylic acids is 2. The molecule has 1 amide bonds. The van der Waals surface area contributed by atoms with E-state index in [2.05, 4.69) is 31.0 Å². The van der Waals surface area contributed by atoms with Gasteiger partial charge in [0.05, 0.1) is 6.61 Å². The van der Waals surface area contributed by atoms with E-state index in [1.807, 2.05) is 0 Å². The normalized spacial score (nSPS) is 10.3. The van der Waals surface area contributed by atoms with E-state index in [0.717, 1.165) is 32.4 Å². The van der Waals surface area contributed by atoms with Gasteiger partial charge in [-0.1, -0.05) is 33.6 Å². The Hall–Kier alpha value is -1.79. The number of ether oxygens (including phenoxy) is 1. The first-order valence-electron chi connectivity index (χ1n) is 9.04. The number of rotatable bonds is 11. The lowest BCUT2D eigenvalue weighted by molar-refractivity contribution is -0.116. The van der Waals surface area contributed by atoms with Gasteiger partial charge in [-0.05, 0) is 31.6 Å². The molecule has 1 aromatic rings. The second kappa shape index (κ2) is 13.4. The molecule has 26 heavy (non-hydrogen) atoms. The highest BCUT2D eigenvalue weighted by atomic mass is 35.5. The zero-order chi connectivity index (χ0) is 18.7. The van der Waals surface area contributed by atoms with Crippen molar-refractivity contribution in [2.75, 3.05) is 31.6 Å². The number of aromatic hydroxyl groups is 1. The highest BCUT2D eigenvalue weighted by Crippen LogP contribution is 2.23. The van der Waals surface area contributed by atoms with Crippen LogP contribution in [0.3, 0.4) is 0 Å². The zero-order valence-electron chi connectivity index (χ0n) is 15.9. The second-order valence-corrected chi connectivity index (χ2v) is 5.90. The molecule has 1 rings (SSSR count). The van der Waals surface area contributed by atoms with Crippen molar-refractivity contribution in [1.29, 1.82) is 0 Å². The molecule has 0 unspecified atom stereocenters. The van der Waals surface area contributed by atoms with Crippen LogP contribution in [0.4, 0.5) is 5.69 Å². The summed E-state index contributed by atoms with van der Waals surface area (Å²) in [6.45, 7) is 9.02. The third kappa shape index (κ3) is 8.54. The Morgan fingerprint density at radius 3 is 2.42 bits per heavy atom. The molecule has 0 fully saturated rings. The summed E-state index contributed by atoms with van der Waals surface area (Å²) in [7, 11) is 0. The molecule has 0 aliphatic carbocycles. The molecule has 1 aromatic carbocycles. The molecule has 0 bridgehead atoms. The molecule has 0 heterocycles. The summed E-state index contributed by atoms with van der Waals surface area (Å²) >= 11 is 0. The Bertz CT molecular complexity index is 562. The van der Waals surface area contributed by atoms with Crippen LogP contribution in [-0.2, 0) is 9.53 Å². The van der Waals surface area contributed by atoms with Gasteiger partial charge in [-0.3, -0.25) is 4.79 Å². The van der Waals surface area contributed by atoms with Gasteiger partial charge in [-0.15, -0.1) is 12.4 Å². The number of nitrogens with one attached hydrogen (secondary N) is 1. The minimum atomic E-state index is -0.548. The zero-order valence-corrected chi connectivity index (χ0v) is 16.7. The van der Waals surface area contributed by atoms with E-state index in [1.165, 1.54) is 12.1 Å². The smallest absolute Gasteiger partial charge is 0.341 e. The Balaban J connectivity index is 0.00000625. The lowest BCUT2D eigenvalue weighted by Crippen LogP contribution is -2.27. The third-order valence-electron chi connectivity index (χ3n) is 4.03. The van der Waals surface area contributed by atoms with Crippen molar-refractivity contribution in [2.45, 2.75) is 46.5 Å². The van der Waals surface area contributed by atoms with E-state index < -0.39 is 5.97 Å². The van der Waals surface area contributed by atoms with Gasteiger partial charge in [0.1, 0.15) is 11.3 Å². The maximum absolute atomic E-state index is 12.0. The standard InChI is InChI=1S/C19H30N2O4.ClH/c1-4-7-8-13-25-19(24)16-10-9-15(14-17(16)22)20-18(23)11-12-21(5-2)6-3;/h9-10,14,22H,4-8,11-13H2,1-3H3,(H,20,23);1H. The van der Waals surface area contributed by atoms with Gasteiger partial charge in [0.15, 0.2) is 0 Å². The highest BCUT2D eigenvalue weighted by Gasteiger charge is 2.14. The number of amides is 1. The van der Waals surface area contributed by atoms with Crippen LogP contribution < -0.4 is 5.32 Å². The highest BCUT2D eigenvalue weighted by molar-refractivity contribution is 5.95. The van der Waals surface area contributed by atoms with E-state index in [4.69, 9.17) is 4.74 Å². The van der Waals surface area contributed by atoms with Crippen LogP contribution in [0.2, 0.25) is 0 Å². The average Bonchev–Trinajstić information content (AvgIpc) is 2.59. The molecule has 0 saturated heterocycles. The van der Waals surface area contributed by atoms with Crippen LogP contribution in [-0.4, -0.2) is 48.1 Å². The van der Waals surface area contributed by atoms with Crippen molar-refractivity contribution in [3.05, 3.63) is 23.8 Å². The Morgan fingerprint density at radius 1 is 1.15 bits per heavy atom. The van der Waals surface area contributed by atoms with Gasteiger partial charge in [0.2, 0.25) is 5.91 Å². The summed E-state index contributed by atoms with van der Waals surface area (Å²) in [4.78, 5) is 26.1. The van der Waals surface area contributed by atoms with E-state index in [9.17, 15) is 14.7 Å². The largest absolute Gasteiger partial charge is 0.507 e. The molecule has 0 aromatic heterocycles. The van der Waals surface area contributed by atoms with Crippen LogP contribution in [0.5, 0.6) is 5.75 Å². The molecule has 2 N–H and O–H groups in total. The Kier molecular flexibility index (Phi) is 12.5. The fourth-order valence-corrected chi connectivity index (χ4v) is 2.40. The van der Waals surface area contributed by atoms with Gasteiger partial charge in [0, 0.05) is 24.7 Å². The summed E-state index contributed by atoms with van der Waals surface area (Å²) in [6.07, 6.45) is 3.23. The molecule has 0 radical (unpaired) electrons. The summed E-state index contributed by atoms with van der Waals surface area (Å²) in [5, 5.41) is 12.7. The molecule has 0 saturated carbocycles. The molecule has 0 atom stereocenters. The number of phenolic OH excluding ortho intramolecular Hbond substituents is 1. The SMILES string of the molecule is CCCCCOC(=O)c1ccc(NC(=O)CCN(CC)CC)cc1O.Cl. The summed E-state index contributed by atoms with van der Waals surface area (Å²) in [6, 6.07) is 4.44. The van der Waals surface area contributed by atoms with Crippen LogP contribution in [0.1, 0.15) is 56.8 Å². The number of esters is 1. The molecule has 0 aliphatic heterocycles. The van der Waals surface area contributed by atoms with Crippen molar-refractivity contribution < 1.29 is 19.4 Å². The minimum absolute atomic E-state index is 0. The molecular formula is C19H31ClN2O4. The number of anilines is 1. The maximum Gasteiger partial charge on any atom is 0.341 e. The first-order valence-corrected chi connectivity index (χ1v) is 9.04. The molecular weight excluding hydrogens is 356 g/mol. The topological polar surface area (TPSA) is 78.9 Å². The van der Waals surface area contributed by atoms with Crippen LogP contribution in [0.25, 0.3) is 0 Å². The molecule has 148 valence electrons.